The molecular weight excluding hydrogens is 240 g/mol. The molecule has 2 rings (SSSR count). The number of aromatic nitrogens is 1. The molecule has 0 aliphatic rings. The summed E-state index contributed by atoms with van der Waals surface area (Å²) in [5.41, 5.74) is 0.663. The van der Waals surface area contributed by atoms with Crippen LogP contribution in [-0.4, -0.2) is 13.4 Å². The number of nitrogens with zero attached hydrogens (tertiary/aromatic N) is 1. The van der Waals surface area contributed by atoms with Crippen molar-refractivity contribution in [2.75, 3.05) is 4.72 Å². The minimum Gasteiger partial charge on any atom is -0.428 e. The molecule has 0 saturated heterocycles. The molecule has 6 heteroatoms. The molecule has 1 aromatic carbocycles. The van der Waals surface area contributed by atoms with Crippen LogP contribution in [0.3, 0.4) is 0 Å². The van der Waals surface area contributed by atoms with Crippen molar-refractivity contribution >= 4 is 16.0 Å². The fourth-order valence-electron chi connectivity index (χ4n) is 1.29. The molecule has 1 aromatic heterocycles. The second-order valence-electron chi connectivity index (χ2n) is 3.58. The van der Waals surface area contributed by atoms with Crippen molar-refractivity contribution in [1.82, 2.24) is 4.98 Å². The SMILES string of the molecule is Cc1nc(NS(=O)(=O)c2ccccc2)oc1C. The van der Waals surface area contributed by atoms with Crippen LogP contribution < -0.4 is 4.72 Å². The first-order valence-electron chi connectivity index (χ1n) is 5.01. The molecule has 0 unspecified atom stereocenters. The van der Waals surface area contributed by atoms with Crippen LogP contribution in [0.15, 0.2) is 39.6 Å². The van der Waals surface area contributed by atoms with Gasteiger partial charge in [-0.15, -0.1) is 0 Å². The maximum Gasteiger partial charge on any atom is 0.309 e. The topological polar surface area (TPSA) is 72.2 Å². The molecule has 2 aromatic rings. The van der Waals surface area contributed by atoms with Crippen LogP contribution in [0.25, 0.3) is 0 Å². The van der Waals surface area contributed by atoms with Gasteiger partial charge in [-0.25, -0.2) is 13.1 Å². The van der Waals surface area contributed by atoms with Gasteiger partial charge in [-0.2, -0.15) is 4.98 Å². The number of hydrogen-bond donors (Lipinski definition) is 1. The fourth-order valence-corrected chi connectivity index (χ4v) is 2.24. The van der Waals surface area contributed by atoms with E-state index in [0.29, 0.717) is 11.5 Å². The molecule has 0 atom stereocenters. The third-order valence-electron chi connectivity index (χ3n) is 2.30. The average molecular weight is 252 g/mol. The van der Waals surface area contributed by atoms with Gasteiger partial charge in [0.1, 0.15) is 5.76 Å². The van der Waals surface area contributed by atoms with Crippen molar-refractivity contribution in [3.8, 4) is 0 Å². The number of hydrogen-bond acceptors (Lipinski definition) is 4. The van der Waals surface area contributed by atoms with Gasteiger partial charge < -0.3 is 4.42 Å². The highest BCUT2D eigenvalue weighted by molar-refractivity contribution is 7.92. The van der Waals surface area contributed by atoms with Gasteiger partial charge in [0.25, 0.3) is 10.0 Å². The van der Waals surface area contributed by atoms with E-state index in [2.05, 4.69) is 9.71 Å². The van der Waals surface area contributed by atoms with Crippen molar-refractivity contribution < 1.29 is 12.8 Å². The number of aryl methyl sites for hydroxylation is 2. The van der Waals surface area contributed by atoms with Gasteiger partial charge in [-0.05, 0) is 26.0 Å². The highest BCUT2D eigenvalue weighted by Crippen LogP contribution is 2.17. The van der Waals surface area contributed by atoms with E-state index in [9.17, 15) is 8.42 Å². The van der Waals surface area contributed by atoms with Crippen LogP contribution in [-0.2, 0) is 10.0 Å². The van der Waals surface area contributed by atoms with E-state index in [1.165, 1.54) is 12.1 Å². The number of rotatable bonds is 3. The number of benzene rings is 1. The standard InChI is InChI=1S/C11H12N2O3S/c1-8-9(2)16-11(12-8)13-17(14,15)10-6-4-3-5-7-10/h3-7H,1-2H3,(H,12,13). The van der Waals surface area contributed by atoms with E-state index in [1.54, 1.807) is 32.0 Å². The first-order valence-corrected chi connectivity index (χ1v) is 6.49. The zero-order valence-corrected chi connectivity index (χ0v) is 10.3. The van der Waals surface area contributed by atoms with Gasteiger partial charge in [0.05, 0.1) is 10.6 Å². The molecular formula is C11H12N2O3S. The number of sulfonamides is 1. The maximum atomic E-state index is 11.9. The van der Waals surface area contributed by atoms with Crippen LogP contribution in [0.2, 0.25) is 0 Å². The van der Waals surface area contributed by atoms with Crippen LogP contribution in [0.4, 0.5) is 6.01 Å². The van der Waals surface area contributed by atoms with Gasteiger partial charge in [0, 0.05) is 0 Å². The summed E-state index contributed by atoms with van der Waals surface area (Å²) in [5.74, 6) is 0.593. The van der Waals surface area contributed by atoms with E-state index in [1.807, 2.05) is 0 Å². The monoisotopic (exact) mass is 252 g/mol. The Balaban J connectivity index is 2.30. The highest BCUT2D eigenvalue weighted by Gasteiger charge is 2.17. The highest BCUT2D eigenvalue weighted by atomic mass is 32.2. The molecule has 0 spiro atoms. The second kappa shape index (κ2) is 4.21. The van der Waals surface area contributed by atoms with Crippen molar-refractivity contribution in [2.24, 2.45) is 0 Å². The predicted molar refractivity (Wildman–Crippen MR) is 63.2 cm³/mol. The van der Waals surface area contributed by atoms with Gasteiger partial charge in [0.15, 0.2) is 0 Å². The van der Waals surface area contributed by atoms with Crippen LogP contribution in [0, 0.1) is 13.8 Å². The lowest BCUT2D eigenvalue weighted by atomic mass is 10.4. The van der Waals surface area contributed by atoms with E-state index < -0.39 is 10.0 Å². The summed E-state index contributed by atoms with van der Waals surface area (Å²) in [6.07, 6.45) is 0. The van der Waals surface area contributed by atoms with Crippen LogP contribution >= 0.6 is 0 Å². The Kier molecular flexibility index (Phi) is 2.89. The molecule has 1 heterocycles. The molecule has 90 valence electrons. The van der Waals surface area contributed by atoms with Gasteiger partial charge in [-0.3, -0.25) is 0 Å². The number of oxazole rings is 1. The van der Waals surface area contributed by atoms with E-state index in [-0.39, 0.29) is 10.9 Å². The third kappa shape index (κ3) is 2.47. The summed E-state index contributed by atoms with van der Waals surface area (Å²) in [6, 6.07) is 8.05. The normalized spacial score (nSPS) is 11.4. The van der Waals surface area contributed by atoms with E-state index >= 15 is 0 Å². The first kappa shape index (κ1) is 11.7. The van der Waals surface area contributed by atoms with Gasteiger partial charge >= 0.3 is 6.01 Å². The third-order valence-corrected chi connectivity index (χ3v) is 3.64. The van der Waals surface area contributed by atoms with E-state index in [0.717, 1.165) is 0 Å². The molecule has 0 amide bonds. The van der Waals surface area contributed by atoms with Crippen molar-refractivity contribution in [3.63, 3.8) is 0 Å². The van der Waals surface area contributed by atoms with Crippen molar-refractivity contribution in [2.45, 2.75) is 18.7 Å². The zero-order valence-electron chi connectivity index (χ0n) is 9.47. The summed E-state index contributed by atoms with van der Waals surface area (Å²) < 4.78 is 31.3. The number of nitrogens with one attached hydrogen (secondary N) is 1. The Labute approximate surface area is 99.5 Å². The lowest BCUT2D eigenvalue weighted by Crippen LogP contribution is -2.12. The van der Waals surface area contributed by atoms with Gasteiger partial charge in [-0.1, -0.05) is 18.2 Å². The molecule has 1 N–H and O–H groups in total. The average Bonchev–Trinajstić information content (AvgIpc) is 2.58. The Hall–Kier alpha value is -1.82. The summed E-state index contributed by atoms with van der Waals surface area (Å²) in [6.45, 7) is 3.47. The Morgan fingerprint density at radius 2 is 1.82 bits per heavy atom. The molecule has 0 bridgehead atoms. The minimum atomic E-state index is -3.62. The minimum absolute atomic E-state index is 0.0103. The quantitative estimate of drug-likeness (QED) is 0.907. The Morgan fingerprint density at radius 3 is 2.35 bits per heavy atom. The summed E-state index contributed by atoms with van der Waals surface area (Å²) in [5, 5.41) is 0. The van der Waals surface area contributed by atoms with E-state index in [4.69, 9.17) is 4.42 Å². The first-order chi connectivity index (χ1) is 7.99. The summed E-state index contributed by atoms with van der Waals surface area (Å²) in [4.78, 5) is 4.14. The Bertz CT molecular complexity index is 598. The lowest BCUT2D eigenvalue weighted by molar-refractivity contribution is 0.542. The van der Waals surface area contributed by atoms with Crippen molar-refractivity contribution in [3.05, 3.63) is 41.8 Å². The smallest absolute Gasteiger partial charge is 0.309 e. The zero-order chi connectivity index (χ0) is 12.5. The largest absolute Gasteiger partial charge is 0.428 e. The molecule has 17 heavy (non-hydrogen) atoms. The van der Waals surface area contributed by atoms with Crippen LogP contribution in [0.1, 0.15) is 11.5 Å². The molecule has 0 fully saturated rings. The van der Waals surface area contributed by atoms with Gasteiger partial charge in [0.2, 0.25) is 0 Å². The molecule has 5 nitrogen and oxygen atoms in total. The predicted octanol–water partition coefficient (Wildman–Crippen LogP) is 2.09. The summed E-state index contributed by atoms with van der Waals surface area (Å²) in [7, 11) is -3.62. The lowest BCUT2D eigenvalue weighted by Gasteiger charge is -2.03. The van der Waals surface area contributed by atoms with Crippen molar-refractivity contribution in [1.29, 1.82) is 0 Å². The molecule has 0 aliphatic heterocycles. The molecule has 0 saturated carbocycles. The number of anilines is 1. The molecule has 0 aliphatic carbocycles. The fraction of sp³-hybridized carbons (Fsp3) is 0.182. The maximum absolute atomic E-state index is 11.9. The second-order valence-corrected chi connectivity index (χ2v) is 5.26. The van der Waals surface area contributed by atoms with Crippen LogP contribution in [0.5, 0.6) is 0 Å². The Morgan fingerprint density at radius 1 is 1.18 bits per heavy atom. The molecule has 0 radical (unpaired) electrons. The summed E-state index contributed by atoms with van der Waals surface area (Å²) >= 11 is 0.